The molecular weight excluding hydrogens is 186 g/mol. The second-order valence-electron chi connectivity index (χ2n) is 4.78. The summed E-state index contributed by atoms with van der Waals surface area (Å²) in [6.45, 7) is 8.92. The number of imidazole rings is 1. The smallest absolute Gasteiger partial charge is 0.106 e. The first kappa shape index (κ1) is 10.7. The van der Waals surface area contributed by atoms with Crippen molar-refractivity contribution >= 4 is 0 Å². The summed E-state index contributed by atoms with van der Waals surface area (Å²) >= 11 is 0. The quantitative estimate of drug-likeness (QED) is 0.791. The molecule has 0 amide bonds. The highest BCUT2D eigenvalue weighted by molar-refractivity contribution is 5.18. The highest BCUT2D eigenvalue weighted by Gasteiger charge is 2.20. The minimum atomic E-state index is 0.532. The van der Waals surface area contributed by atoms with Crippen molar-refractivity contribution in [2.75, 3.05) is 13.1 Å². The second-order valence-corrected chi connectivity index (χ2v) is 4.78. The summed E-state index contributed by atoms with van der Waals surface area (Å²) < 4.78 is 0. The Morgan fingerprint density at radius 1 is 1.40 bits per heavy atom. The summed E-state index contributed by atoms with van der Waals surface area (Å²) in [4.78, 5) is 8.19. The van der Waals surface area contributed by atoms with Crippen molar-refractivity contribution in [2.24, 2.45) is 5.92 Å². The van der Waals surface area contributed by atoms with Gasteiger partial charge in [0.1, 0.15) is 5.82 Å². The number of H-pyrrole nitrogens is 1. The van der Waals surface area contributed by atoms with Crippen molar-refractivity contribution in [1.29, 1.82) is 0 Å². The Kier molecular flexibility index (Phi) is 3.10. The van der Waals surface area contributed by atoms with Crippen LogP contribution in [0.3, 0.4) is 0 Å². The predicted octanol–water partition coefficient (Wildman–Crippen LogP) is 1.86. The molecular formula is C12H21N3. The van der Waals surface area contributed by atoms with Gasteiger partial charge in [-0.15, -0.1) is 0 Å². The molecule has 0 spiro atoms. The Hall–Kier alpha value is -0.830. The molecule has 1 aliphatic heterocycles. The van der Waals surface area contributed by atoms with Crippen LogP contribution >= 0.6 is 0 Å². The van der Waals surface area contributed by atoms with Crippen LogP contribution in [0, 0.1) is 5.92 Å². The molecule has 15 heavy (non-hydrogen) atoms. The van der Waals surface area contributed by atoms with Crippen LogP contribution in [0.2, 0.25) is 0 Å². The number of aromatic amines is 1. The van der Waals surface area contributed by atoms with E-state index in [1.54, 1.807) is 0 Å². The number of aryl methyl sites for hydroxylation is 1. The molecule has 2 rings (SSSR count). The third-order valence-electron chi connectivity index (χ3n) is 3.11. The zero-order valence-electron chi connectivity index (χ0n) is 9.93. The lowest BCUT2D eigenvalue weighted by Crippen LogP contribution is -2.43. The Morgan fingerprint density at radius 2 is 2.13 bits per heavy atom. The Balaban J connectivity index is 2.10. The van der Waals surface area contributed by atoms with Crippen molar-refractivity contribution in [2.45, 2.75) is 39.5 Å². The molecule has 2 heterocycles. The molecule has 2 N–H and O–H groups in total. The molecule has 0 aliphatic carbocycles. The lowest BCUT2D eigenvalue weighted by atomic mass is 9.99. The molecule has 0 radical (unpaired) electrons. The van der Waals surface area contributed by atoms with E-state index in [4.69, 9.17) is 4.98 Å². The number of nitrogens with one attached hydrogen (secondary N) is 2. The van der Waals surface area contributed by atoms with Gasteiger partial charge in [0.25, 0.3) is 0 Å². The summed E-state index contributed by atoms with van der Waals surface area (Å²) in [5, 5.41) is 3.30. The van der Waals surface area contributed by atoms with Crippen LogP contribution < -0.4 is 5.32 Å². The summed E-state index contributed by atoms with van der Waals surface area (Å²) in [7, 11) is 0. The van der Waals surface area contributed by atoms with Crippen LogP contribution in [0.1, 0.15) is 43.9 Å². The van der Waals surface area contributed by atoms with Crippen molar-refractivity contribution in [3.63, 3.8) is 0 Å². The van der Waals surface area contributed by atoms with Gasteiger partial charge in [0.15, 0.2) is 0 Å². The summed E-state index contributed by atoms with van der Waals surface area (Å²) in [5.41, 5.74) is 2.59. The van der Waals surface area contributed by atoms with Crippen LogP contribution in [0.4, 0.5) is 0 Å². The number of hydrogen-bond acceptors (Lipinski definition) is 2. The molecule has 0 bridgehead atoms. The molecule has 0 unspecified atom stereocenters. The SMILES string of the molecule is CCc1[nH]c(CC2CNC2)nc1C(C)C. The number of rotatable bonds is 4. The predicted molar refractivity (Wildman–Crippen MR) is 62.1 cm³/mol. The molecule has 1 aliphatic rings. The number of nitrogens with zero attached hydrogens (tertiary/aromatic N) is 1. The lowest BCUT2D eigenvalue weighted by molar-refractivity contribution is 0.341. The Bertz CT molecular complexity index is 324. The van der Waals surface area contributed by atoms with Crippen LogP contribution in [-0.2, 0) is 12.8 Å². The average molecular weight is 207 g/mol. The van der Waals surface area contributed by atoms with Crippen LogP contribution in [0.15, 0.2) is 0 Å². The third kappa shape index (κ3) is 2.23. The topological polar surface area (TPSA) is 40.7 Å². The minimum absolute atomic E-state index is 0.532. The van der Waals surface area contributed by atoms with E-state index in [9.17, 15) is 0 Å². The van der Waals surface area contributed by atoms with Crippen molar-refractivity contribution in [1.82, 2.24) is 15.3 Å². The summed E-state index contributed by atoms with van der Waals surface area (Å²) in [6.07, 6.45) is 2.16. The largest absolute Gasteiger partial charge is 0.346 e. The van der Waals surface area contributed by atoms with Gasteiger partial charge in [-0.3, -0.25) is 0 Å². The molecule has 3 heteroatoms. The molecule has 1 aromatic rings. The molecule has 1 fully saturated rings. The van der Waals surface area contributed by atoms with Crippen molar-refractivity contribution in [3.8, 4) is 0 Å². The zero-order chi connectivity index (χ0) is 10.8. The summed E-state index contributed by atoms with van der Waals surface area (Å²) in [6, 6.07) is 0. The maximum Gasteiger partial charge on any atom is 0.106 e. The molecule has 0 atom stereocenters. The van der Waals surface area contributed by atoms with Gasteiger partial charge in [0, 0.05) is 12.1 Å². The number of hydrogen-bond donors (Lipinski definition) is 2. The van der Waals surface area contributed by atoms with E-state index >= 15 is 0 Å². The molecule has 1 saturated heterocycles. The van der Waals surface area contributed by atoms with E-state index in [-0.39, 0.29) is 0 Å². The number of aromatic nitrogens is 2. The van der Waals surface area contributed by atoms with Gasteiger partial charge in [-0.1, -0.05) is 20.8 Å². The van der Waals surface area contributed by atoms with E-state index in [0.717, 1.165) is 31.8 Å². The van der Waals surface area contributed by atoms with Crippen molar-refractivity contribution in [3.05, 3.63) is 17.2 Å². The van der Waals surface area contributed by atoms with E-state index < -0.39 is 0 Å². The first-order valence-corrected chi connectivity index (χ1v) is 5.99. The molecule has 84 valence electrons. The average Bonchev–Trinajstić information content (AvgIpc) is 2.54. The third-order valence-corrected chi connectivity index (χ3v) is 3.11. The van der Waals surface area contributed by atoms with Crippen LogP contribution in [-0.4, -0.2) is 23.1 Å². The van der Waals surface area contributed by atoms with Gasteiger partial charge in [-0.2, -0.15) is 0 Å². The van der Waals surface area contributed by atoms with E-state index in [1.165, 1.54) is 17.2 Å². The maximum atomic E-state index is 4.72. The first-order valence-electron chi connectivity index (χ1n) is 5.99. The highest BCUT2D eigenvalue weighted by Crippen LogP contribution is 2.19. The summed E-state index contributed by atoms with van der Waals surface area (Å²) in [5.74, 6) is 2.51. The fourth-order valence-electron chi connectivity index (χ4n) is 2.09. The Labute approximate surface area is 91.7 Å². The highest BCUT2D eigenvalue weighted by atomic mass is 15.0. The van der Waals surface area contributed by atoms with Gasteiger partial charge in [0.2, 0.25) is 0 Å². The van der Waals surface area contributed by atoms with Gasteiger partial charge in [-0.05, 0) is 31.3 Å². The van der Waals surface area contributed by atoms with Gasteiger partial charge >= 0.3 is 0 Å². The van der Waals surface area contributed by atoms with Crippen molar-refractivity contribution < 1.29 is 0 Å². The van der Waals surface area contributed by atoms with Gasteiger partial charge in [-0.25, -0.2) is 4.98 Å². The normalized spacial score (nSPS) is 17.1. The fraction of sp³-hybridized carbons (Fsp3) is 0.750. The lowest BCUT2D eigenvalue weighted by Gasteiger charge is -2.25. The molecule has 3 nitrogen and oxygen atoms in total. The maximum absolute atomic E-state index is 4.72. The Morgan fingerprint density at radius 3 is 2.53 bits per heavy atom. The van der Waals surface area contributed by atoms with Gasteiger partial charge in [0.05, 0.1) is 5.69 Å². The van der Waals surface area contributed by atoms with E-state index in [1.807, 2.05) is 0 Å². The standard InChI is InChI=1S/C12H21N3/c1-4-10-12(8(2)3)15-11(14-10)5-9-6-13-7-9/h8-9,13H,4-7H2,1-3H3,(H,14,15). The first-order chi connectivity index (χ1) is 7.20. The van der Waals surface area contributed by atoms with Crippen LogP contribution in [0.5, 0.6) is 0 Å². The van der Waals surface area contributed by atoms with E-state index in [2.05, 4.69) is 31.1 Å². The molecule has 1 aromatic heterocycles. The zero-order valence-corrected chi connectivity index (χ0v) is 9.93. The molecule has 0 aromatic carbocycles. The van der Waals surface area contributed by atoms with Gasteiger partial charge < -0.3 is 10.3 Å². The van der Waals surface area contributed by atoms with E-state index in [0.29, 0.717) is 5.92 Å². The molecule has 0 saturated carbocycles. The minimum Gasteiger partial charge on any atom is -0.346 e. The second kappa shape index (κ2) is 4.35. The monoisotopic (exact) mass is 207 g/mol. The fourth-order valence-corrected chi connectivity index (χ4v) is 2.09. The van der Waals surface area contributed by atoms with Crippen LogP contribution in [0.25, 0.3) is 0 Å².